The van der Waals surface area contributed by atoms with E-state index < -0.39 is 18.8 Å². The van der Waals surface area contributed by atoms with Gasteiger partial charge in [0.1, 0.15) is 0 Å². The molecule has 2 unspecified atom stereocenters. The molecule has 1 aromatic rings. The molecule has 1 aliphatic heterocycles. The van der Waals surface area contributed by atoms with E-state index in [0.29, 0.717) is 6.61 Å². The van der Waals surface area contributed by atoms with Crippen LogP contribution in [0.2, 0.25) is 0 Å². The maximum absolute atomic E-state index is 12.6. The summed E-state index contributed by atoms with van der Waals surface area (Å²) >= 11 is 0. The van der Waals surface area contributed by atoms with E-state index in [0.717, 1.165) is 16.7 Å². The molecule has 2 atom stereocenters. The van der Waals surface area contributed by atoms with Gasteiger partial charge in [-0.15, -0.1) is 0 Å². The van der Waals surface area contributed by atoms with Crippen molar-refractivity contribution in [3.05, 3.63) is 34.9 Å². The molecule has 0 fully saturated rings. The molecular formula is C14H19F3N2O. The number of fused-ring (bicyclic) bond motifs is 1. The first-order valence-electron chi connectivity index (χ1n) is 6.50. The van der Waals surface area contributed by atoms with Crippen molar-refractivity contribution in [2.45, 2.75) is 31.8 Å². The summed E-state index contributed by atoms with van der Waals surface area (Å²) in [5.41, 5.74) is 8.81. The van der Waals surface area contributed by atoms with E-state index in [9.17, 15) is 13.2 Å². The van der Waals surface area contributed by atoms with Crippen molar-refractivity contribution in [1.82, 2.24) is 4.90 Å². The van der Waals surface area contributed by atoms with Gasteiger partial charge < -0.3 is 10.5 Å². The van der Waals surface area contributed by atoms with Gasteiger partial charge in [0.05, 0.1) is 13.2 Å². The molecule has 20 heavy (non-hydrogen) atoms. The molecule has 3 nitrogen and oxygen atoms in total. The van der Waals surface area contributed by atoms with Gasteiger partial charge >= 0.3 is 6.18 Å². The lowest BCUT2D eigenvalue weighted by Crippen LogP contribution is -2.44. The minimum absolute atomic E-state index is 0.212. The molecule has 0 radical (unpaired) electrons. The van der Waals surface area contributed by atoms with Gasteiger partial charge in [-0.25, -0.2) is 0 Å². The molecule has 2 N–H and O–H groups in total. The fourth-order valence-corrected chi connectivity index (χ4v) is 2.72. The number of hydrogen-bond acceptors (Lipinski definition) is 3. The van der Waals surface area contributed by atoms with Crippen LogP contribution in [0.4, 0.5) is 13.2 Å². The average Bonchev–Trinajstić information content (AvgIpc) is 2.34. The highest BCUT2D eigenvalue weighted by atomic mass is 19.4. The van der Waals surface area contributed by atoms with Crippen LogP contribution in [-0.2, 0) is 11.3 Å². The molecule has 0 bridgehead atoms. The summed E-state index contributed by atoms with van der Waals surface area (Å²) in [6.07, 6.45) is -4.21. The second-order valence-corrected chi connectivity index (χ2v) is 5.22. The molecule has 0 spiro atoms. The zero-order valence-electron chi connectivity index (χ0n) is 11.6. The summed E-state index contributed by atoms with van der Waals surface area (Å²) in [5, 5.41) is 0. The molecule has 6 heteroatoms. The van der Waals surface area contributed by atoms with Gasteiger partial charge in [0, 0.05) is 25.7 Å². The predicted molar refractivity (Wildman–Crippen MR) is 70.1 cm³/mol. The number of nitrogens with two attached hydrogens (primary N) is 1. The highest BCUT2D eigenvalue weighted by Crippen LogP contribution is 2.35. The van der Waals surface area contributed by atoms with Crippen LogP contribution in [-0.4, -0.2) is 31.3 Å². The van der Waals surface area contributed by atoms with Gasteiger partial charge in [0.25, 0.3) is 0 Å². The van der Waals surface area contributed by atoms with Crippen LogP contribution in [0.15, 0.2) is 18.2 Å². The van der Waals surface area contributed by atoms with Gasteiger partial charge in [-0.3, -0.25) is 4.90 Å². The van der Waals surface area contributed by atoms with Crippen molar-refractivity contribution in [3.63, 3.8) is 0 Å². The Morgan fingerprint density at radius 1 is 1.35 bits per heavy atom. The van der Waals surface area contributed by atoms with Crippen LogP contribution in [0.1, 0.15) is 35.7 Å². The summed E-state index contributed by atoms with van der Waals surface area (Å²) < 4.78 is 42.8. The maximum Gasteiger partial charge on any atom is 0.401 e. The fraction of sp³-hybridized carbons (Fsp3) is 0.571. The summed E-state index contributed by atoms with van der Waals surface area (Å²) in [4.78, 5) is 1.38. The van der Waals surface area contributed by atoms with E-state index in [1.54, 1.807) is 14.0 Å². The first-order chi connectivity index (χ1) is 9.31. The fourth-order valence-electron chi connectivity index (χ4n) is 2.72. The lowest BCUT2D eigenvalue weighted by atomic mass is 9.89. The average molecular weight is 288 g/mol. The minimum atomic E-state index is -4.21. The molecule has 2 rings (SSSR count). The second-order valence-electron chi connectivity index (χ2n) is 5.22. The van der Waals surface area contributed by atoms with Gasteiger partial charge in [-0.1, -0.05) is 18.2 Å². The Hall–Kier alpha value is -1.11. The number of halogens is 3. The molecule has 0 aliphatic carbocycles. The SMILES string of the molecule is COCc1ccc2c(c1)C(N)CN(CC(F)(F)F)C2C. The molecule has 1 heterocycles. The number of alkyl halides is 3. The number of nitrogens with zero attached hydrogens (tertiary/aromatic N) is 1. The van der Waals surface area contributed by atoms with Crippen LogP contribution in [0, 0.1) is 0 Å². The molecule has 0 aromatic heterocycles. The minimum Gasteiger partial charge on any atom is -0.380 e. The zero-order valence-corrected chi connectivity index (χ0v) is 11.6. The summed E-state index contributed by atoms with van der Waals surface area (Å²) in [6, 6.07) is 4.98. The number of hydrogen-bond donors (Lipinski definition) is 1. The Morgan fingerprint density at radius 3 is 2.65 bits per heavy atom. The van der Waals surface area contributed by atoms with Crippen molar-refractivity contribution in [2.75, 3.05) is 20.2 Å². The first kappa shape index (κ1) is 15.3. The Bertz CT molecular complexity index is 476. The van der Waals surface area contributed by atoms with Gasteiger partial charge in [0.15, 0.2) is 0 Å². The first-order valence-corrected chi connectivity index (χ1v) is 6.50. The maximum atomic E-state index is 12.6. The van der Waals surface area contributed by atoms with Gasteiger partial charge in [-0.2, -0.15) is 13.2 Å². The van der Waals surface area contributed by atoms with Crippen LogP contribution < -0.4 is 5.73 Å². The van der Waals surface area contributed by atoms with Crippen molar-refractivity contribution in [2.24, 2.45) is 5.73 Å². The van der Waals surface area contributed by atoms with Crippen molar-refractivity contribution in [3.8, 4) is 0 Å². The van der Waals surface area contributed by atoms with E-state index in [2.05, 4.69) is 0 Å². The van der Waals surface area contributed by atoms with Crippen LogP contribution in [0.3, 0.4) is 0 Å². The normalized spacial score (nSPS) is 23.7. The Balaban J connectivity index is 2.27. The van der Waals surface area contributed by atoms with E-state index in [4.69, 9.17) is 10.5 Å². The molecule has 0 saturated carbocycles. The van der Waals surface area contributed by atoms with Crippen molar-refractivity contribution < 1.29 is 17.9 Å². The molecule has 0 amide bonds. The topological polar surface area (TPSA) is 38.5 Å². The van der Waals surface area contributed by atoms with Crippen LogP contribution in [0.5, 0.6) is 0 Å². The smallest absolute Gasteiger partial charge is 0.380 e. The summed E-state index contributed by atoms with van der Waals surface area (Å²) in [7, 11) is 1.60. The Kier molecular flexibility index (Phi) is 4.36. The largest absolute Gasteiger partial charge is 0.401 e. The molecule has 1 aliphatic rings. The van der Waals surface area contributed by atoms with E-state index >= 15 is 0 Å². The van der Waals surface area contributed by atoms with Crippen LogP contribution in [0.25, 0.3) is 0 Å². The zero-order chi connectivity index (χ0) is 14.9. The molecule has 1 aromatic carbocycles. The highest BCUT2D eigenvalue weighted by molar-refractivity contribution is 5.38. The predicted octanol–water partition coefficient (Wildman–Crippen LogP) is 2.77. The van der Waals surface area contributed by atoms with Crippen molar-refractivity contribution in [1.29, 1.82) is 0 Å². The van der Waals surface area contributed by atoms with Crippen molar-refractivity contribution >= 4 is 0 Å². The van der Waals surface area contributed by atoms with Crippen LogP contribution >= 0.6 is 0 Å². The summed E-state index contributed by atoms with van der Waals surface area (Å²) in [5.74, 6) is 0. The molecular weight excluding hydrogens is 269 g/mol. The monoisotopic (exact) mass is 288 g/mol. The number of ether oxygens (including phenoxy) is 1. The van der Waals surface area contributed by atoms with E-state index in [1.807, 2.05) is 18.2 Å². The third-order valence-corrected chi connectivity index (χ3v) is 3.67. The van der Waals surface area contributed by atoms with E-state index in [-0.39, 0.29) is 12.6 Å². The van der Waals surface area contributed by atoms with E-state index in [1.165, 1.54) is 4.90 Å². The lowest BCUT2D eigenvalue weighted by molar-refractivity contribution is -0.152. The number of methoxy groups -OCH3 is 1. The molecule has 112 valence electrons. The standard InChI is InChI=1S/C14H19F3N2O/c1-9-11-4-3-10(7-20-2)5-12(11)13(18)6-19(9)8-14(15,16)17/h3-5,9,13H,6-8,18H2,1-2H3. The highest BCUT2D eigenvalue weighted by Gasteiger charge is 2.37. The Morgan fingerprint density at radius 2 is 2.05 bits per heavy atom. The summed E-state index contributed by atoms with van der Waals surface area (Å²) in [6.45, 7) is 1.54. The van der Waals surface area contributed by atoms with Gasteiger partial charge in [-0.05, 0) is 23.6 Å². The third kappa shape index (κ3) is 3.31. The Labute approximate surface area is 116 Å². The third-order valence-electron chi connectivity index (χ3n) is 3.67. The van der Waals surface area contributed by atoms with Gasteiger partial charge in [0.2, 0.25) is 0 Å². The number of benzene rings is 1. The quantitative estimate of drug-likeness (QED) is 0.929. The number of rotatable bonds is 3. The lowest BCUT2D eigenvalue weighted by Gasteiger charge is -2.38. The molecule has 0 saturated heterocycles. The second kappa shape index (κ2) is 5.71.